The van der Waals surface area contributed by atoms with Crippen molar-refractivity contribution in [2.45, 2.75) is 38.6 Å². The third-order valence-corrected chi connectivity index (χ3v) is 3.63. The van der Waals surface area contributed by atoms with Crippen LogP contribution in [0, 0.1) is 12.8 Å². The zero-order chi connectivity index (χ0) is 13.8. The van der Waals surface area contributed by atoms with Crippen LogP contribution < -0.4 is 5.32 Å². The number of nitrogens with one attached hydrogen (secondary N) is 1. The van der Waals surface area contributed by atoms with E-state index in [1.807, 2.05) is 19.1 Å². The molecule has 19 heavy (non-hydrogen) atoms. The highest BCUT2D eigenvalue weighted by atomic mass is 16.4. The standard InChI is InChI=1S/C14H18N2O3/c1-9-4-3-7-15-12(9)8-13(17)16-11-6-2-5-10(11)14(18)19/h3-4,7,10-11H,2,5-6,8H2,1H3,(H,16,17)(H,18,19). The smallest absolute Gasteiger partial charge is 0.308 e. The van der Waals surface area contributed by atoms with Crippen LogP contribution in [0.15, 0.2) is 18.3 Å². The Morgan fingerprint density at radius 3 is 2.95 bits per heavy atom. The summed E-state index contributed by atoms with van der Waals surface area (Å²) >= 11 is 0. The van der Waals surface area contributed by atoms with Gasteiger partial charge in [-0.05, 0) is 31.4 Å². The zero-order valence-electron chi connectivity index (χ0n) is 10.9. The Balaban J connectivity index is 1.95. The van der Waals surface area contributed by atoms with Crippen molar-refractivity contribution in [3.8, 4) is 0 Å². The number of hydrogen-bond donors (Lipinski definition) is 2. The van der Waals surface area contributed by atoms with E-state index in [-0.39, 0.29) is 18.4 Å². The molecule has 2 N–H and O–H groups in total. The number of aliphatic carboxylic acids is 1. The molecule has 2 atom stereocenters. The van der Waals surface area contributed by atoms with Crippen LogP contribution in [0.1, 0.15) is 30.5 Å². The molecule has 0 saturated heterocycles. The van der Waals surface area contributed by atoms with Crippen LogP contribution in [0.5, 0.6) is 0 Å². The molecule has 0 aliphatic heterocycles. The normalized spacial score (nSPS) is 22.2. The van der Waals surface area contributed by atoms with E-state index in [2.05, 4.69) is 10.3 Å². The van der Waals surface area contributed by atoms with Crippen molar-refractivity contribution >= 4 is 11.9 Å². The van der Waals surface area contributed by atoms with Crippen molar-refractivity contribution in [1.29, 1.82) is 0 Å². The molecule has 1 aliphatic carbocycles. The maximum atomic E-state index is 11.9. The first kappa shape index (κ1) is 13.5. The van der Waals surface area contributed by atoms with Gasteiger partial charge in [-0.15, -0.1) is 0 Å². The number of hydrogen-bond acceptors (Lipinski definition) is 3. The van der Waals surface area contributed by atoms with E-state index in [0.717, 1.165) is 24.1 Å². The van der Waals surface area contributed by atoms with Gasteiger partial charge in [-0.3, -0.25) is 14.6 Å². The number of amides is 1. The summed E-state index contributed by atoms with van der Waals surface area (Å²) in [5.41, 5.74) is 1.71. The topological polar surface area (TPSA) is 79.3 Å². The van der Waals surface area contributed by atoms with E-state index >= 15 is 0 Å². The van der Waals surface area contributed by atoms with Crippen molar-refractivity contribution in [2.24, 2.45) is 5.92 Å². The number of aromatic nitrogens is 1. The van der Waals surface area contributed by atoms with Gasteiger partial charge in [0.1, 0.15) is 0 Å². The van der Waals surface area contributed by atoms with Crippen LogP contribution >= 0.6 is 0 Å². The third kappa shape index (κ3) is 3.30. The Labute approximate surface area is 112 Å². The lowest BCUT2D eigenvalue weighted by atomic mass is 10.0. The fourth-order valence-electron chi connectivity index (χ4n) is 2.54. The van der Waals surface area contributed by atoms with Crippen molar-refractivity contribution in [1.82, 2.24) is 10.3 Å². The molecule has 102 valence electrons. The summed E-state index contributed by atoms with van der Waals surface area (Å²) in [4.78, 5) is 27.2. The van der Waals surface area contributed by atoms with Crippen LogP contribution in [0.3, 0.4) is 0 Å². The summed E-state index contributed by atoms with van der Waals surface area (Å²) in [6.07, 6.45) is 4.10. The Hall–Kier alpha value is -1.91. The highest BCUT2D eigenvalue weighted by molar-refractivity contribution is 5.80. The molecule has 0 bridgehead atoms. The largest absolute Gasteiger partial charge is 0.481 e. The van der Waals surface area contributed by atoms with Gasteiger partial charge in [-0.2, -0.15) is 0 Å². The minimum atomic E-state index is -0.822. The summed E-state index contributed by atoms with van der Waals surface area (Å²) in [6, 6.07) is 3.49. The van der Waals surface area contributed by atoms with Gasteiger partial charge in [0.25, 0.3) is 0 Å². The van der Waals surface area contributed by atoms with E-state index in [1.54, 1.807) is 6.20 Å². The fraction of sp³-hybridized carbons (Fsp3) is 0.500. The van der Waals surface area contributed by atoms with E-state index in [1.165, 1.54) is 0 Å². The minimum Gasteiger partial charge on any atom is -0.481 e. The maximum Gasteiger partial charge on any atom is 0.308 e. The molecule has 0 aromatic carbocycles. The molecule has 5 heteroatoms. The van der Waals surface area contributed by atoms with E-state index in [4.69, 9.17) is 5.11 Å². The number of carbonyl (C=O) groups is 2. The SMILES string of the molecule is Cc1cccnc1CC(=O)NC1CCCC1C(=O)O. The molecule has 0 radical (unpaired) electrons. The number of rotatable bonds is 4. The summed E-state index contributed by atoms with van der Waals surface area (Å²) in [6.45, 7) is 1.91. The highest BCUT2D eigenvalue weighted by Gasteiger charge is 2.33. The molecule has 2 rings (SSSR count). The van der Waals surface area contributed by atoms with Crippen LogP contribution in [-0.4, -0.2) is 28.0 Å². The van der Waals surface area contributed by atoms with Crippen LogP contribution in [-0.2, 0) is 16.0 Å². The van der Waals surface area contributed by atoms with Crippen molar-refractivity contribution in [3.63, 3.8) is 0 Å². The monoisotopic (exact) mass is 262 g/mol. The number of nitrogens with zero attached hydrogens (tertiary/aromatic N) is 1. The molecule has 1 aliphatic rings. The van der Waals surface area contributed by atoms with Crippen LogP contribution in [0.2, 0.25) is 0 Å². The first-order chi connectivity index (χ1) is 9.08. The van der Waals surface area contributed by atoms with Gasteiger partial charge >= 0.3 is 5.97 Å². The second-order valence-electron chi connectivity index (χ2n) is 4.99. The average molecular weight is 262 g/mol. The predicted molar refractivity (Wildman–Crippen MR) is 69.6 cm³/mol. The summed E-state index contributed by atoms with van der Waals surface area (Å²) in [5, 5.41) is 11.9. The number of carbonyl (C=O) groups excluding carboxylic acids is 1. The quantitative estimate of drug-likeness (QED) is 0.857. The van der Waals surface area contributed by atoms with Gasteiger partial charge in [0, 0.05) is 12.2 Å². The Kier molecular flexibility index (Phi) is 4.14. The number of pyridine rings is 1. The molecule has 1 aromatic heterocycles. The maximum absolute atomic E-state index is 11.9. The van der Waals surface area contributed by atoms with Gasteiger partial charge in [-0.1, -0.05) is 12.5 Å². The van der Waals surface area contributed by atoms with Crippen LogP contribution in [0.25, 0.3) is 0 Å². The second kappa shape index (κ2) is 5.82. The van der Waals surface area contributed by atoms with Gasteiger partial charge in [-0.25, -0.2) is 0 Å². The molecular weight excluding hydrogens is 244 g/mol. The third-order valence-electron chi connectivity index (χ3n) is 3.63. The number of carboxylic acid groups (broad SMARTS) is 1. The lowest BCUT2D eigenvalue weighted by Gasteiger charge is -2.17. The molecule has 1 heterocycles. The summed E-state index contributed by atoms with van der Waals surface area (Å²) in [7, 11) is 0. The van der Waals surface area contributed by atoms with Gasteiger partial charge in [0.2, 0.25) is 5.91 Å². The first-order valence-electron chi connectivity index (χ1n) is 6.50. The fourth-order valence-corrected chi connectivity index (χ4v) is 2.54. The minimum absolute atomic E-state index is 0.153. The summed E-state index contributed by atoms with van der Waals surface area (Å²) < 4.78 is 0. The molecular formula is C14H18N2O3. The Morgan fingerprint density at radius 1 is 1.47 bits per heavy atom. The number of carboxylic acids is 1. The molecule has 1 amide bonds. The molecule has 2 unspecified atom stereocenters. The average Bonchev–Trinajstić information content (AvgIpc) is 2.80. The molecule has 1 fully saturated rings. The molecule has 1 saturated carbocycles. The lowest BCUT2D eigenvalue weighted by Crippen LogP contribution is -2.41. The molecule has 0 spiro atoms. The van der Waals surface area contributed by atoms with Crippen LogP contribution in [0.4, 0.5) is 0 Å². The van der Waals surface area contributed by atoms with E-state index < -0.39 is 11.9 Å². The Morgan fingerprint density at radius 2 is 2.26 bits per heavy atom. The number of aryl methyl sites for hydroxylation is 1. The second-order valence-corrected chi connectivity index (χ2v) is 4.99. The Bertz CT molecular complexity index is 487. The first-order valence-corrected chi connectivity index (χ1v) is 6.50. The van der Waals surface area contributed by atoms with E-state index in [9.17, 15) is 9.59 Å². The molecule has 5 nitrogen and oxygen atoms in total. The van der Waals surface area contributed by atoms with Crippen molar-refractivity contribution in [3.05, 3.63) is 29.6 Å². The van der Waals surface area contributed by atoms with E-state index in [0.29, 0.717) is 6.42 Å². The lowest BCUT2D eigenvalue weighted by molar-refractivity contribution is -0.142. The van der Waals surface area contributed by atoms with Gasteiger partial charge < -0.3 is 10.4 Å². The van der Waals surface area contributed by atoms with Crippen molar-refractivity contribution in [2.75, 3.05) is 0 Å². The van der Waals surface area contributed by atoms with Crippen molar-refractivity contribution < 1.29 is 14.7 Å². The zero-order valence-corrected chi connectivity index (χ0v) is 10.9. The highest BCUT2D eigenvalue weighted by Crippen LogP contribution is 2.25. The predicted octanol–water partition coefficient (Wildman–Crippen LogP) is 1.30. The summed E-state index contributed by atoms with van der Waals surface area (Å²) in [5.74, 6) is -1.43. The van der Waals surface area contributed by atoms with Gasteiger partial charge in [0.15, 0.2) is 0 Å². The molecule has 1 aromatic rings. The van der Waals surface area contributed by atoms with Gasteiger partial charge in [0.05, 0.1) is 18.0 Å².